The lowest BCUT2D eigenvalue weighted by atomic mass is 9.98. The maximum Gasteiger partial charge on any atom is 0.321 e. The SMILES string of the molecule is CC[C@@H](C)NC(=O)NC(=O)COC(=O)[C@@H](C)c1ccc2cc(OC)ccc2c1. The van der Waals surface area contributed by atoms with Crippen LogP contribution in [0.1, 0.15) is 38.7 Å². The van der Waals surface area contributed by atoms with E-state index in [4.69, 9.17) is 9.47 Å². The van der Waals surface area contributed by atoms with Crippen LogP contribution in [0.15, 0.2) is 36.4 Å². The van der Waals surface area contributed by atoms with Crippen molar-refractivity contribution in [3.05, 3.63) is 42.0 Å². The summed E-state index contributed by atoms with van der Waals surface area (Å²) in [6.45, 7) is 4.94. The van der Waals surface area contributed by atoms with E-state index in [0.717, 1.165) is 28.5 Å². The standard InChI is InChI=1S/C21H26N2O5/c1-5-13(2)22-21(26)23-19(24)12-28-20(25)14(3)15-6-7-17-11-18(27-4)9-8-16(17)10-15/h6-11,13-14H,5,12H2,1-4H3,(H2,22,23,24,26)/t13-,14+/m1/s1. The number of benzene rings is 2. The molecule has 28 heavy (non-hydrogen) atoms. The number of fused-ring (bicyclic) bond motifs is 1. The Hall–Kier alpha value is -3.09. The Morgan fingerprint density at radius 3 is 2.39 bits per heavy atom. The molecule has 0 aliphatic rings. The van der Waals surface area contributed by atoms with Crippen LogP contribution in [0.2, 0.25) is 0 Å². The van der Waals surface area contributed by atoms with E-state index in [1.54, 1.807) is 14.0 Å². The second-order valence-corrected chi connectivity index (χ2v) is 6.63. The first-order chi connectivity index (χ1) is 13.3. The Balaban J connectivity index is 1.92. The Kier molecular flexibility index (Phi) is 7.37. The third-order valence-electron chi connectivity index (χ3n) is 4.51. The zero-order chi connectivity index (χ0) is 20.7. The summed E-state index contributed by atoms with van der Waals surface area (Å²) >= 11 is 0. The van der Waals surface area contributed by atoms with Gasteiger partial charge in [0.15, 0.2) is 6.61 Å². The molecule has 3 amide bonds. The molecule has 0 aromatic heterocycles. The van der Waals surface area contributed by atoms with Crippen LogP contribution in [-0.4, -0.2) is 37.7 Å². The molecule has 0 unspecified atom stereocenters. The average molecular weight is 386 g/mol. The predicted molar refractivity (Wildman–Crippen MR) is 106 cm³/mol. The van der Waals surface area contributed by atoms with Crippen LogP contribution in [0.25, 0.3) is 10.8 Å². The van der Waals surface area contributed by atoms with Gasteiger partial charge in [-0.25, -0.2) is 4.79 Å². The Morgan fingerprint density at radius 1 is 1.04 bits per heavy atom. The van der Waals surface area contributed by atoms with E-state index in [-0.39, 0.29) is 6.04 Å². The van der Waals surface area contributed by atoms with Crippen molar-refractivity contribution in [2.45, 2.75) is 39.2 Å². The molecule has 2 aromatic carbocycles. The van der Waals surface area contributed by atoms with Crippen molar-refractivity contribution in [1.29, 1.82) is 0 Å². The van der Waals surface area contributed by atoms with Crippen molar-refractivity contribution in [2.24, 2.45) is 0 Å². The molecule has 0 aliphatic carbocycles. The van der Waals surface area contributed by atoms with Gasteiger partial charge < -0.3 is 14.8 Å². The number of amides is 3. The molecule has 150 valence electrons. The number of hydrogen-bond acceptors (Lipinski definition) is 5. The number of esters is 1. The first kappa shape index (κ1) is 21.2. The molecule has 0 spiro atoms. The third-order valence-corrected chi connectivity index (χ3v) is 4.51. The van der Waals surface area contributed by atoms with E-state index in [2.05, 4.69) is 10.6 Å². The molecule has 2 atom stereocenters. The summed E-state index contributed by atoms with van der Waals surface area (Å²) in [6.07, 6.45) is 0.743. The van der Waals surface area contributed by atoms with Gasteiger partial charge in [0, 0.05) is 6.04 Å². The number of rotatable bonds is 7. The van der Waals surface area contributed by atoms with E-state index >= 15 is 0 Å². The van der Waals surface area contributed by atoms with Crippen LogP contribution in [0.3, 0.4) is 0 Å². The van der Waals surface area contributed by atoms with Gasteiger partial charge in [0.1, 0.15) is 5.75 Å². The van der Waals surface area contributed by atoms with Crippen molar-refractivity contribution < 1.29 is 23.9 Å². The lowest BCUT2D eigenvalue weighted by molar-refractivity contribution is -0.149. The van der Waals surface area contributed by atoms with Crippen molar-refractivity contribution in [2.75, 3.05) is 13.7 Å². The topological polar surface area (TPSA) is 93.7 Å². The van der Waals surface area contributed by atoms with Crippen LogP contribution in [0, 0.1) is 0 Å². The Labute approximate surface area is 164 Å². The quantitative estimate of drug-likeness (QED) is 0.713. The highest BCUT2D eigenvalue weighted by Gasteiger charge is 2.19. The zero-order valence-corrected chi connectivity index (χ0v) is 16.6. The summed E-state index contributed by atoms with van der Waals surface area (Å²) in [6, 6.07) is 10.7. The molecule has 0 saturated heterocycles. The second-order valence-electron chi connectivity index (χ2n) is 6.63. The minimum Gasteiger partial charge on any atom is -0.497 e. The Bertz CT molecular complexity index is 865. The number of methoxy groups -OCH3 is 1. The molecule has 0 aliphatic heterocycles. The lowest BCUT2D eigenvalue weighted by Gasteiger charge is -2.14. The minimum absolute atomic E-state index is 0.0526. The molecule has 2 N–H and O–H groups in total. The first-order valence-corrected chi connectivity index (χ1v) is 9.18. The van der Waals surface area contributed by atoms with Crippen molar-refractivity contribution in [1.82, 2.24) is 10.6 Å². The highest BCUT2D eigenvalue weighted by molar-refractivity contribution is 5.96. The van der Waals surface area contributed by atoms with Gasteiger partial charge in [0.05, 0.1) is 13.0 Å². The number of hydrogen-bond donors (Lipinski definition) is 2. The molecule has 2 rings (SSSR count). The monoisotopic (exact) mass is 386 g/mol. The molecule has 0 heterocycles. The third kappa shape index (κ3) is 5.70. The van der Waals surface area contributed by atoms with Crippen molar-refractivity contribution in [3.8, 4) is 5.75 Å². The van der Waals surface area contributed by atoms with Crippen molar-refractivity contribution >= 4 is 28.7 Å². The molecular formula is C21H26N2O5. The molecule has 7 nitrogen and oxygen atoms in total. The van der Waals surface area contributed by atoms with Gasteiger partial charge in [0.25, 0.3) is 5.91 Å². The largest absolute Gasteiger partial charge is 0.497 e. The number of carbonyl (C=O) groups is 3. The summed E-state index contributed by atoms with van der Waals surface area (Å²) in [7, 11) is 1.61. The van der Waals surface area contributed by atoms with Gasteiger partial charge >= 0.3 is 12.0 Å². The van der Waals surface area contributed by atoms with E-state index in [9.17, 15) is 14.4 Å². The Morgan fingerprint density at radius 2 is 1.71 bits per heavy atom. The summed E-state index contributed by atoms with van der Waals surface area (Å²) < 4.78 is 10.3. The fourth-order valence-corrected chi connectivity index (χ4v) is 2.56. The van der Waals surface area contributed by atoms with Crippen LogP contribution >= 0.6 is 0 Å². The summed E-state index contributed by atoms with van der Waals surface area (Å²) in [5, 5.41) is 6.70. The van der Waals surface area contributed by atoms with Gasteiger partial charge in [-0.2, -0.15) is 0 Å². The van der Waals surface area contributed by atoms with Crippen molar-refractivity contribution in [3.63, 3.8) is 0 Å². The second kappa shape index (κ2) is 9.73. The smallest absolute Gasteiger partial charge is 0.321 e. The van der Waals surface area contributed by atoms with Gasteiger partial charge in [-0.1, -0.05) is 31.2 Å². The van der Waals surface area contributed by atoms with Crippen LogP contribution < -0.4 is 15.4 Å². The number of urea groups is 1. The van der Waals surface area contributed by atoms with Gasteiger partial charge in [-0.15, -0.1) is 0 Å². The molecule has 0 radical (unpaired) electrons. The fraction of sp³-hybridized carbons (Fsp3) is 0.381. The molecular weight excluding hydrogens is 360 g/mol. The summed E-state index contributed by atoms with van der Waals surface area (Å²) in [4.78, 5) is 35.6. The number of imide groups is 1. The number of carbonyl (C=O) groups excluding carboxylic acids is 3. The summed E-state index contributed by atoms with van der Waals surface area (Å²) in [5.41, 5.74) is 0.776. The molecule has 0 saturated carbocycles. The maximum atomic E-state index is 12.3. The first-order valence-electron chi connectivity index (χ1n) is 9.18. The zero-order valence-electron chi connectivity index (χ0n) is 16.6. The highest BCUT2D eigenvalue weighted by Crippen LogP contribution is 2.25. The molecule has 0 bridgehead atoms. The normalized spacial score (nSPS) is 12.7. The van der Waals surface area contributed by atoms with E-state index in [0.29, 0.717) is 0 Å². The summed E-state index contributed by atoms with van der Waals surface area (Å²) in [5.74, 6) is -0.998. The minimum atomic E-state index is -0.674. The van der Waals surface area contributed by atoms with Gasteiger partial charge in [0.2, 0.25) is 0 Å². The van der Waals surface area contributed by atoms with E-state index in [1.807, 2.05) is 50.2 Å². The maximum absolute atomic E-state index is 12.3. The van der Waals surface area contributed by atoms with Gasteiger partial charge in [-0.05, 0) is 48.7 Å². The number of ether oxygens (including phenoxy) is 2. The van der Waals surface area contributed by atoms with E-state index in [1.165, 1.54) is 0 Å². The van der Waals surface area contributed by atoms with Crippen LogP contribution in [-0.2, 0) is 14.3 Å². The van der Waals surface area contributed by atoms with Crippen LogP contribution in [0.4, 0.5) is 4.79 Å². The molecule has 0 fully saturated rings. The highest BCUT2D eigenvalue weighted by atomic mass is 16.5. The number of nitrogens with one attached hydrogen (secondary N) is 2. The van der Waals surface area contributed by atoms with E-state index < -0.39 is 30.4 Å². The lowest BCUT2D eigenvalue weighted by Crippen LogP contribution is -2.44. The molecule has 7 heteroatoms. The predicted octanol–water partition coefficient (Wildman–Crippen LogP) is 3.12. The molecule has 2 aromatic rings. The average Bonchev–Trinajstić information content (AvgIpc) is 2.70. The van der Waals surface area contributed by atoms with Gasteiger partial charge in [-0.3, -0.25) is 14.9 Å². The van der Waals surface area contributed by atoms with Crippen LogP contribution in [0.5, 0.6) is 5.75 Å². The fourth-order valence-electron chi connectivity index (χ4n) is 2.56.